The molecule has 0 saturated heterocycles. The lowest BCUT2D eigenvalue weighted by Crippen LogP contribution is -2.10. The fraction of sp³-hybridized carbons (Fsp3) is 0.125. The van der Waals surface area contributed by atoms with E-state index in [9.17, 15) is 4.79 Å². The number of aromatic nitrogens is 2. The van der Waals surface area contributed by atoms with Gasteiger partial charge in [-0.3, -0.25) is 4.79 Å². The van der Waals surface area contributed by atoms with Crippen molar-refractivity contribution < 1.29 is 9.21 Å². The van der Waals surface area contributed by atoms with Crippen molar-refractivity contribution in [1.82, 2.24) is 10.2 Å². The van der Waals surface area contributed by atoms with Crippen LogP contribution in [0.3, 0.4) is 0 Å². The molecule has 4 aromatic rings. The maximum absolute atomic E-state index is 13.2. The second-order valence-corrected chi connectivity index (χ2v) is 7.94. The molecule has 1 aromatic heterocycles. The largest absolute Gasteiger partial charge is 0.411 e. The molecule has 1 atom stereocenters. The summed E-state index contributed by atoms with van der Waals surface area (Å²) in [5, 5.41) is 8.29. The van der Waals surface area contributed by atoms with Crippen molar-refractivity contribution >= 4 is 17.5 Å². The van der Waals surface area contributed by atoms with Gasteiger partial charge < -0.3 is 4.42 Å². The third-order valence-electron chi connectivity index (χ3n) is 4.49. The lowest BCUT2D eigenvalue weighted by molar-refractivity contribution is 0.0989. The van der Waals surface area contributed by atoms with Crippen molar-refractivity contribution in [2.45, 2.75) is 24.3 Å². The Morgan fingerprint density at radius 1 is 0.862 bits per heavy atom. The lowest BCUT2D eigenvalue weighted by Gasteiger charge is -2.14. The summed E-state index contributed by atoms with van der Waals surface area (Å²) in [5.74, 6) is 0.464. The quantitative estimate of drug-likeness (QED) is 0.290. The minimum absolute atomic E-state index is 0.00736. The summed E-state index contributed by atoms with van der Waals surface area (Å²) in [4.78, 5) is 13.2. The zero-order valence-corrected chi connectivity index (χ0v) is 17.0. The fourth-order valence-electron chi connectivity index (χ4n) is 3.23. The molecule has 0 aliphatic carbocycles. The summed E-state index contributed by atoms with van der Waals surface area (Å²) in [6.45, 7) is 4.07. The van der Waals surface area contributed by atoms with Gasteiger partial charge in [0.15, 0.2) is 5.78 Å². The number of carbonyl (C=O) groups excluding carboxylic acids is 1. The van der Waals surface area contributed by atoms with Crippen molar-refractivity contribution in [1.29, 1.82) is 0 Å². The van der Waals surface area contributed by atoms with E-state index in [0.29, 0.717) is 16.7 Å². The van der Waals surface area contributed by atoms with Gasteiger partial charge in [-0.25, -0.2) is 0 Å². The standard InChI is InChI=1S/C24H20N2O2S/c1-16-13-17(2)15-20(14-16)23-25-26-24(28-23)29-22(19-11-7-4-8-12-19)21(27)18-9-5-3-6-10-18/h3-15,22H,1-2H3/t22-/m1/s1. The van der Waals surface area contributed by atoms with Crippen LogP contribution in [-0.2, 0) is 0 Å². The molecule has 0 amide bonds. The van der Waals surface area contributed by atoms with E-state index in [-0.39, 0.29) is 5.78 Å². The van der Waals surface area contributed by atoms with Crippen LogP contribution in [0.4, 0.5) is 0 Å². The molecule has 0 fully saturated rings. The van der Waals surface area contributed by atoms with Crippen LogP contribution < -0.4 is 0 Å². The summed E-state index contributed by atoms with van der Waals surface area (Å²) in [6, 6.07) is 25.1. The van der Waals surface area contributed by atoms with Crippen molar-refractivity contribution in [3.05, 3.63) is 101 Å². The topological polar surface area (TPSA) is 56.0 Å². The van der Waals surface area contributed by atoms with E-state index in [0.717, 1.165) is 22.3 Å². The maximum Gasteiger partial charge on any atom is 0.277 e. The molecule has 0 aliphatic heterocycles. The molecule has 0 aliphatic rings. The summed E-state index contributed by atoms with van der Waals surface area (Å²) in [5.41, 5.74) is 4.70. The number of thioether (sulfide) groups is 1. The maximum atomic E-state index is 13.2. The van der Waals surface area contributed by atoms with Gasteiger partial charge in [0, 0.05) is 11.1 Å². The summed E-state index contributed by atoms with van der Waals surface area (Å²) < 4.78 is 5.91. The molecule has 1 heterocycles. The Balaban J connectivity index is 1.65. The molecule has 3 aromatic carbocycles. The molecule has 0 saturated carbocycles. The van der Waals surface area contributed by atoms with Gasteiger partial charge in [0.25, 0.3) is 5.22 Å². The zero-order chi connectivity index (χ0) is 20.2. The molecular weight excluding hydrogens is 380 g/mol. The normalized spacial score (nSPS) is 11.9. The number of aryl methyl sites for hydroxylation is 2. The van der Waals surface area contributed by atoms with Crippen LogP contribution in [-0.4, -0.2) is 16.0 Å². The highest BCUT2D eigenvalue weighted by Gasteiger charge is 2.26. The van der Waals surface area contributed by atoms with Crippen molar-refractivity contribution in [2.24, 2.45) is 0 Å². The average Bonchev–Trinajstić information content (AvgIpc) is 3.21. The van der Waals surface area contributed by atoms with Crippen LogP contribution in [0, 0.1) is 13.8 Å². The number of nitrogens with zero attached hydrogens (tertiary/aromatic N) is 2. The lowest BCUT2D eigenvalue weighted by atomic mass is 10.0. The first-order valence-electron chi connectivity index (χ1n) is 9.33. The van der Waals surface area contributed by atoms with E-state index in [1.54, 1.807) is 0 Å². The van der Waals surface area contributed by atoms with Crippen LogP contribution >= 0.6 is 11.8 Å². The predicted octanol–water partition coefficient (Wildman–Crippen LogP) is 6.07. The predicted molar refractivity (Wildman–Crippen MR) is 115 cm³/mol. The van der Waals surface area contributed by atoms with Gasteiger partial charge in [0.1, 0.15) is 5.25 Å². The van der Waals surface area contributed by atoms with Gasteiger partial charge in [-0.15, -0.1) is 10.2 Å². The first kappa shape index (κ1) is 19.2. The molecule has 0 N–H and O–H groups in total. The number of hydrogen-bond acceptors (Lipinski definition) is 5. The highest BCUT2D eigenvalue weighted by molar-refractivity contribution is 8.00. The third kappa shape index (κ3) is 4.46. The number of ketones is 1. The Labute approximate surface area is 174 Å². The molecule has 0 unspecified atom stereocenters. The van der Waals surface area contributed by atoms with E-state index in [4.69, 9.17) is 4.42 Å². The van der Waals surface area contributed by atoms with Gasteiger partial charge in [-0.1, -0.05) is 77.9 Å². The molecule has 144 valence electrons. The van der Waals surface area contributed by atoms with Gasteiger partial charge in [0.2, 0.25) is 5.89 Å². The third-order valence-corrected chi connectivity index (χ3v) is 5.58. The van der Waals surface area contributed by atoms with Crippen LogP contribution in [0.2, 0.25) is 0 Å². The minimum atomic E-state index is -0.467. The number of carbonyl (C=O) groups is 1. The van der Waals surface area contributed by atoms with Gasteiger partial charge in [0.05, 0.1) is 0 Å². The molecule has 29 heavy (non-hydrogen) atoms. The number of rotatable bonds is 6. The van der Waals surface area contributed by atoms with Crippen LogP contribution in [0.5, 0.6) is 0 Å². The second kappa shape index (κ2) is 8.45. The Morgan fingerprint density at radius 2 is 1.48 bits per heavy atom. The minimum Gasteiger partial charge on any atom is -0.411 e. The summed E-state index contributed by atoms with van der Waals surface area (Å²) >= 11 is 1.28. The van der Waals surface area contributed by atoms with Crippen molar-refractivity contribution in [3.63, 3.8) is 0 Å². The van der Waals surface area contributed by atoms with Gasteiger partial charge in [-0.2, -0.15) is 0 Å². The number of Topliss-reactive ketones (excluding diaryl/α,β-unsaturated/α-hetero) is 1. The second-order valence-electron chi connectivity index (χ2n) is 6.89. The molecule has 0 bridgehead atoms. The van der Waals surface area contributed by atoms with Crippen LogP contribution in [0.25, 0.3) is 11.5 Å². The molecule has 4 nitrogen and oxygen atoms in total. The number of benzene rings is 3. The van der Waals surface area contributed by atoms with E-state index < -0.39 is 5.25 Å². The van der Waals surface area contributed by atoms with Crippen LogP contribution in [0.1, 0.15) is 32.3 Å². The highest BCUT2D eigenvalue weighted by Crippen LogP contribution is 2.38. The summed E-state index contributed by atoms with van der Waals surface area (Å²) in [7, 11) is 0. The van der Waals surface area contributed by atoms with E-state index in [2.05, 4.69) is 16.3 Å². The van der Waals surface area contributed by atoms with Gasteiger partial charge in [-0.05, 0) is 43.3 Å². The summed E-state index contributed by atoms with van der Waals surface area (Å²) in [6.07, 6.45) is 0. The monoisotopic (exact) mass is 400 g/mol. The number of hydrogen-bond donors (Lipinski definition) is 0. The molecule has 4 rings (SSSR count). The molecule has 0 radical (unpaired) electrons. The van der Waals surface area contributed by atoms with Crippen molar-refractivity contribution in [3.8, 4) is 11.5 Å². The Morgan fingerprint density at radius 3 is 2.14 bits per heavy atom. The van der Waals surface area contributed by atoms with E-state index >= 15 is 0 Å². The highest BCUT2D eigenvalue weighted by atomic mass is 32.2. The Kier molecular flexibility index (Phi) is 5.58. The zero-order valence-electron chi connectivity index (χ0n) is 16.2. The fourth-order valence-corrected chi connectivity index (χ4v) is 4.18. The van der Waals surface area contributed by atoms with Crippen molar-refractivity contribution in [2.75, 3.05) is 0 Å². The molecule has 5 heteroatoms. The first-order valence-corrected chi connectivity index (χ1v) is 10.2. The average molecular weight is 401 g/mol. The SMILES string of the molecule is Cc1cc(C)cc(-c2nnc(S[C@@H](C(=O)c3ccccc3)c3ccccc3)o2)c1. The van der Waals surface area contributed by atoms with E-state index in [1.165, 1.54) is 11.8 Å². The Hall–Kier alpha value is -3.18. The van der Waals surface area contributed by atoms with E-state index in [1.807, 2.05) is 86.6 Å². The van der Waals surface area contributed by atoms with Gasteiger partial charge >= 0.3 is 0 Å². The first-order chi connectivity index (χ1) is 14.1. The Bertz CT molecular complexity index is 1100. The molecule has 0 spiro atoms. The smallest absolute Gasteiger partial charge is 0.277 e. The molecular formula is C24H20N2O2S. The van der Waals surface area contributed by atoms with Crippen LogP contribution in [0.15, 0.2) is 88.5 Å².